The van der Waals surface area contributed by atoms with Gasteiger partial charge in [0, 0.05) is 10.7 Å². The fraction of sp³-hybridized carbons (Fsp3) is 0. The number of nitrogens with one attached hydrogen (secondary N) is 1. The highest BCUT2D eigenvalue weighted by Crippen LogP contribution is 2.26. The van der Waals surface area contributed by atoms with Crippen molar-refractivity contribution in [3.63, 3.8) is 0 Å². The van der Waals surface area contributed by atoms with Gasteiger partial charge in [0.1, 0.15) is 11.0 Å². The molecule has 0 unspecified atom stereocenters. The van der Waals surface area contributed by atoms with E-state index >= 15 is 0 Å². The van der Waals surface area contributed by atoms with E-state index in [9.17, 15) is 12.8 Å². The molecule has 1 aromatic carbocycles. The number of benzene rings is 1. The van der Waals surface area contributed by atoms with Crippen molar-refractivity contribution in [2.75, 3.05) is 4.72 Å². The fourth-order valence-corrected chi connectivity index (χ4v) is 3.24. The molecule has 1 N–H and O–H groups in total. The van der Waals surface area contributed by atoms with Gasteiger partial charge in [0.25, 0.3) is 10.0 Å². The molecule has 0 aliphatic carbocycles. The average molecular weight is 366 g/mol. The SMILES string of the molecule is O=S(=O)(Nc1ccc(F)cc1Br)c1ccnc(Cl)c1. The van der Waals surface area contributed by atoms with E-state index in [0.717, 1.165) is 12.1 Å². The van der Waals surface area contributed by atoms with E-state index in [2.05, 4.69) is 25.6 Å². The molecule has 0 aliphatic rings. The smallest absolute Gasteiger partial charge is 0.262 e. The lowest BCUT2D eigenvalue weighted by molar-refractivity contribution is 0.600. The molecule has 0 saturated carbocycles. The first-order valence-corrected chi connectivity index (χ1v) is 7.63. The molecule has 0 bridgehead atoms. The summed E-state index contributed by atoms with van der Waals surface area (Å²) < 4.78 is 39.7. The molecule has 8 heteroatoms. The van der Waals surface area contributed by atoms with E-state index < -0.39 is 15.8 Å². The van der Waals surface area contributed by atoms with Crippen LogP contribution in [0.4, 0.5) is 10.1 Å². The van der Waals surface area contributed by atoms with Crippen molar-refractivity contribution in [3.8, 4) is 0 Å². The van der Waals surface area contributed by atoms with Crippen molar-refractivity contribution in [2.24, 2.45) is 0 Å². The summed E-state index contributed by atoms with van der Waals surface area (Å²) in [7, 11) is -3.80. The summed E-state index contributed by atoms with van der Waals surface area (Å²) in [6.45, 7) is 0. The van der Waals surface area contributed by atoms with Crippen molar-refractivity contribution in [1.29, 1.82) is 0 Å². The summed E-state index contributed by atoms with van der Waals surface area (Å²) in [6.07, 6.45) is 1.29. The Labute approximate surface area is 122 Å². The number of rotatable bonds is 3. The third-order valence-electron chi connectivity index (χ3n) is 2.18. The van der Waals surface area contributed by atoms with Crippen molar-refractivity contribution < 1.29 is 12.8 Å². The van der Waals surface area contributed by atoms with Crippen molar-refractivity contribution >= 4 is 43.2 Å². The van der Waals surface area contributed by atoms with Gasteiger partial charge in [0.2, 0.25) is 0 Å². The van der Waals surface area contributed by atoms with Gasteiger partial charge in [-0.1, -0.05) is 11.6 Å². The van der Waals surface area contributed by atoms with Crippen LogP contribution >= 0.6 is 27.5 Å². The second kappa shape index (κ2) is 5.44. The zero-order chi connectivity index (χ0) is 14.0. The summed E-state index contributed by atoms with van der Waals surface area (Å²) >= 11 is 8.73. The van der Waals surface area contributed by atoms with Crippen LogP contribution in [-0.4, -0.2) is 13.4 Å². The molecule has 0 amide bonds. The minimum Gasteiger partial charge on any atom is -0.278 e. The van der Waals surface area contributed by atoms with Gasteiger partial charge in [0.15, 0.2) is 0 Å². The molecule has 0 radical (unpaired) electrons. The maximum absolute atomic E-state index is 12.9. The Kier molecular flexibility index (Phi) is 4.07. The lowest BCUT2D eigenvalue weighted by Crippen LogP contribution is -2.13. The molecule has 0 aliphatic heterocycles. The van der Waals surface area contributed by atoms with Gasteiger partial charge in [-0.15, -0.1) is 0 Å². The number of hydrogen-bond donors (Lipinski definition) is 1. The molecular formula is C11H7BrClFN2O2S. The third-order valence-corrected chi connectivity index (χ3v) is 4.41. The highest BCUT2D eigenvalue weighted by atomic mass is 79.9. The van der Waals surface area contributed by atoms with E-state index in [1.807, 2.05) is 0 Å². The molecule has 2 rings (SSSR count). The first-order chi connectivity index (χ1) is 8.88. The predicted octanol–water partition coefficient (Wildman–Crippen LogP) is 3.44. The quantitative estimate of drug-likeness (QED) is 0.848. The Bertz CT molecular complexity index is 724. The Hall–Kier alpha value is -1.18. The van der Waals surface area contributed by atoms with E-state index in [1.165, 1.54) is 24.4 Å². The minimum absolute atomic E-state index is 0.0243. The molecule has 1 aromatic heterocycles. The van der Waals surface area contributed by atoms with Crippen LogP contribution in [0.25, 0.3) is 0 Å². The number of hydrogen-bond acceptors (Lipinski definition) is 3. The van der Waals surface area contributed by atoms with Crippen LogP contribution in [0.2, 0.25) is 5.15 Å². The predicted molar refractivity (Wildman–Crippen MR) is 74.2 cm³/mol. The maximum Gasteiger partial charge on any atom is 0.262 e. The van der Waals surface area contributed by atoms with Gasteiger partial charge >= 0.3 is 0 Å². The topological polar surface area (TPSA) is 59.1 Å². The largest absolute Gasteiger partial charge is 0.278 e. The van der Waals surface area contributed by atoms with Crippen LogP contribution in [-0.2, 0) is 10.0 Å². The molecule has 0 atom stereocenters. The van der Waals surface area contributed by atoms with E-state index in [1.54, 1.807) is 0 Å². The van der Waals surface area contributed by atoms with E-state index in [4.69, 9.17) is 11.6 Å². The molecule has 0 saturated heterocycles. The van der Waals surface area contributed by atoms with Gasteiger partial charge in [-0.05, 0) is 46.3 Å². The molecule has 4 nitrogen and oxygen atoms in total. The highest BCUT2D eigenvalue weighted by Gasteiger charge is 2.16. The van der Waals surface area contributed by atoms with Gasteiger partial charge in [-0.3, -0.25) is 4.72 Å². The monoisotopic (exact) mass is 364 g/mol. The number of sulfonamides is 1. The van der Waals surface area contributed by atoms with Gasteiger partial charge < -0.3 is 0 Å². The second-order valence-electron chi connectivity index (χ2n) is 3.54. The van der Waals surface area contributed by atoms with Crippen molar-refractivity contribution in [1.82, 2.24) is 4.98 Å². The lowest BCUT2D eigenvalue weighted by atomic mass is 10.3. The summed E-state index contributed by atoms with van der Waals surface area (Å²) in [5.41, 5.74) is 0.231. The molecular weight excluding hydrogens is 359 g/mol. The number of nitrogens with zero attached hydrogens (tertiary/aromatic N) is 1. The Balaban J connectivity index is 2.36. The summed E-state index contributed by atoms with van der Waals surface area (Å²) in [5, 5.41) is 0.0704. The summed E-state index contributed by atoms with van der Waals surface area (Å²) in [6, 6.07) is 6.17. The summed E-state index contributed by atoms with van der Waals surface area (Å²) in [4.78, 5) is 3.68. The molecule has 1 heterocycles. The van der Waals surface area contributed by atoms with Gasteiger partial charge in [-0.25, -0.2) is 17.8 Å². The molecule has 0 fully saturated rings. The van der Waals surface area contributed by atoms with Crippen molar-refractivity contribution in [2.45, 2.75) is 4.90 Å². The average Bonchev–Trinajstić information content (AvgIpc) is 2.33. The lowest BCUT2D eigenvalue weighted by Gasteiger charge is -2.09. The zero-order valence-electron chi connectivity index (χ0n) is 9.27. The number of anilines is 1. The van der Waals surface area contributed by atoms with Crippen LogP contribution in [0.15, 0.2) is 45.9 Å². The van der Waals surface area contributed by atoms with Gasteiger partial charge in [-0.2, -0.15) is 0 Å². The second-order valence-corrected chi connectivity index (χ2v) is 6.47. The molecule has 19 heavy (non-hydrogen) atoms. The normalized spacial score (nSPS) is 11.3. The standard InChI is InChI=1S/C11H7BrClFN2O2S/c12-9-5-7(14)1-2-10(9)16-19(17,18)8-3-4-15-11(13)6-8/h1-6,16H. The minimum atomic E-state index is -3.80. The van der Waals surface area contributed by atoms with Crippen LogP contribution in [0.3, 0.4) is 0 Å². The summed E-state index contributed by atoms with van der Waals surface area (Å²) in [5.74, 6) is -0.471. The zero-order valence-corrected chi connectivity index (χ0v) is 12.4. The van der Waals surface area contributed by atoms with Crippen LogP contribution in [0, 0.1) is 5.82 Å². The maximum atomic E-state index is 12.9. The van der Waals surface area contributed by atoms with E-state index in [-0.39, 0.29) is 15.7 Å². The number of aromatic nitrogens is 1. The molecule has 100 valence electrons. The first kappa shape index (κ1) is 14.2. The van der Waals surface area contributed by atoms with Crippen molar-refractivity contribution in [3.05, 3.63) is 52.0 Å². The van der Waals surface area contributed by atoms with Crippen LogP contribution in [0.1, 0.15) is 0 Å². The molecule has 0 spiro atoms. The third kappa shape index (κ3) is 3.43. The number of halogens is 3. The Morgan fingerprint density at radius 3 is 2.63 bits per heavy atom. The van der Waals surface area contributed by atoms with E-state index in [0.29, 0.717) is 4.47 Å². The highest BCUT2D eigenvalue weighted by molar-refractivity contribution is 9.10. The Morgan fingerprint density at radius 2 is 2.00 bits per heavy atom. The van der Waals surface area contributed by atoms with Crippen LogP contribution in [0.5, 0.6) is 0 Å². The van der Waals surface area contributed by atoms with Gasteiger partial charge in [0.05, 0.1) is 10.6 Å². The Morgan fingerprint density at radius 1 is 1.26 bits per heavy atom. The van der Waals surface area contributed by atoms with Crippen LogP contribution < -0.4 is 4.72 Å². The molecule has 2 aromatic rings. The first-order valence-electron chi connectivity index (χ1n) is 4.98. The fourth-order valence-electron chi connectivity index (χ4n) is 1.33. The number of pyridine rings is 1.